The zero-order valence-electron chi connectivity index (χ0n) is 18.5. The molecule has 0 aliphatic carbocycles. The number of hydrogen-bond donors (Lipinski definition) is 2. The maximum Gasteiger partial charge on any atom is 0.470 e. The first-order valence-electron chi connectivity index (χ1n) is 9.99. The van der Waals surface area contributed by atoms with E-state index in [1.165, 1.54) is 14.2 Å². The number of benzene rings is 3. The van der Waals surface area contributed by atoms with Crippen LogP contribution in [0.4, 0.5) is 0 Å². The Labute approximate surface area is 198 Å². The molecule has 0 atom stereocenters. The molecule has 3 aromatic carbocycles. The van der Waals surface area contributed by atoms with Crippen LogP contribution < -0.4 is 9.47 Å². The van der Waals surface area contributed by atoms with Crippen LogP contribution in [0.15, 0.2) is 78.9 Å². The summed E-state index contributed by atoms with van der Waals surface area (Å²) < 4.78 is 57.1. The highest BCUT2D eigenvalue weighted by molar-refractivity contribution is 7.91. The zero-order chi connectivity index (χ0) is 24.8. The second kappa shape index (κ2) is 10.7. The molecule has 0 aliphatic rings. The van der Waals surface area contributed by atoms with Gasteiger partial charge in [0.1, 0.15) is 17.1 Å². The lowest BCUT2D eigenvalue weighted by molar-refractivity contribution is 0.0423. The molecule has 0 spiro atoms. The highest BCUT2D eigenvalue weighted by Gasteiger charge is 2.39. The Morgan fingerprint density at radius 1 is 0.735 bits per heavy atom. The minimum Gasteiger partial charge on any atom is -0.497 e. The first-order valence-corrected chi connectivity index (χ1v) is 13.3. The van der Waals surface area contributed by atoms with Gasteiger partial charge in [-0.25, -0.2) is 13.0 Å². The molecule has 0 amide bonds. The average molecular weight is 508 g/mol. The van der Waals surface area contributed by atoms with E-state index in [0.29, 0.717) is 28.2 Å². The van der Waals surface area contributed by atoms with Crippen LogP contribution in [-0.4, -0.2) is 44.3 Å². The standard InChI is InChI=1S/C23H25O9PS/c1-29-21-12-8-19(9-13-21)23(18-6-4-3-5-7-18,20-10-14-22(30-2)15-11-20)31-16-34(27,28)17-32-33(24,25)26/h3-15H,16-17H2,1-2H3,(H2,24,25,26). The van der Waals surface area contributed by atoms with Crippen LogP contribution in [0.5, 0.6) is 11.5 Å². The van der Waals surface area contributed by atoms with E-state index in [4.69, 9.17) is 24.0 Å². The molecule has 0 bridgehead atoms. The fraction of sp³-hybridized carbons (Fsp3) is 0.217. The Morgan fingerprint density at radius 3 is 1.59 bits per heavy atom. The molecule has 0 aromatic heterocycles. The number of phosphoric ester groups is 1. The molecule has 11 heteroatoms. The summed E-state index contributed by atoms with van der Waals surface area (Å²) >= 11 is 0. The van der Waals surface area contributed by atoms with Gasteiger partial charge in [0.25, 0.3) is 0 Å². The molecule has 9 nitrogen and oxygen atoms in total. The third kappa shape index (κ3) is 6.24. The van der Waals surface area contributed by atoms with Gasteiger partial charge in [-0.2, -0.15) is 0 Å². The van der Waals surface area contributed by atoms with E-state index >= 15 is 0 Å². The van der Waals surface area contributed by atoms with E-state index < -0.39 is 35.1 Å². The lowest BCUT2D eigenvalue weighted by atomic mass is 9.80. The van der Waals surface area contributed by atoms with Gasteiger partial charge in [0.05, 0.1) is 14.2 Å². The molecule has 0 unspecified atom stereocenters. The molecule has 0 saturated carbocycles. The maximum atomic E-state index is 12.6. The first kappa shape index (κ1) is 25.9. The number of hydrogen-bond acceptors (Lipinski definition) is 7. The lowest BCUT2D eigenvalue weighted by Crippen LogP contribution is -2.35. The molecule has 34 heavy (non-hydrogen) atoms. The van der Waals surface area contributed by atoms with Crippen molar-refractivity contribution in [1.29, 1.82) is 0 Å². The molecule has 0 aliphatic heterocycles. The van der Waals surface area contributed by atoms with Gasteiger partial charge in [-0.15, -0.1) is 0 Å². The number of sulfone groups is 1. The summed E-state index contributed by atoms with van der Waals surface area (Å²) in [7, 11) is -6.10. The summed E-state index contributed by atoms with van der Waals surface area (Å²) in [6.07, 6.45) is 0. The summed E-state index contributed by atoms with van der Waals surface area (Å²) in [5.41, 5.74) is 0.456. The minimum atomic E-state index is -4.98. The highest BCUT2D eigenvalue weighted by Crippen LogP contribution is 2.42. The van der Waals surface area contributed by atoms with Crippen molar-refractivity contribution in [2.24, 2.45) is 0 Å². The van der Waals surface area contributed by atoms with Crippen LogP contribution in [0, 0.1) is 0 Å². The quantitative estimate of drug-likeness (QED) is 0.296. The van der Waals surface area contributed by atoms with Crippen molar-refractivity contribution < 1.29 is 41.5 Å². The van der Waals surface area contributed by atoms with Crippen molar-refractivity contribution in [3.63, 3.8) is 0 Å². The smallest absolute Gasteiger partial charge is 0.470 e. The van der Waals surface area contributed by atoms with Crippen molar-refractivity contribution in [3.05, 3.63) is 95.6 Å². The summed E-state index contributed by atoms with van der Waals surface area (Å²) in [6.45, 7) is 0. The predicted octanol–water partition coefficient (Wildman–Crippen LogP) is 3.45. The Balaban J connectivity index is 2.15. The SMILES string of the molecule is COc1ccc(C(OCS(=O)(=O)COP(=O)(O)O)(c2ccccc2)c2ccc(OC)cc2)cc1. The van der Waals surface area contributed by atoms with E-state index in [1.807, 2.05) is 6.07 Å². The van der Waals surface area contributed by atoms with Gasteiger partial charge in [0, 0.05) is 0 Å². The van der Waals surface area contributed by atoms with Crippen molar-refractivity contribution in [2.45, 2.75) is 5.60 Å². The van der Waals surface area contributed by atoms with Crippen molar-refractivity contribution in [3.8, 4) is 11.5 Å². The predicted molar refractivity (Wildman–Crippen MR) is 125 cm³/mol. The largest absolute Gasteiger partial charge is 0.497 e. The molecular weight excluding hydrogens is 483 g/mol. The molecular formula is C23H25O9PS. The van der Waals surface area contributed by atoms with Crippen LogP contribution in [0.25, 0.3) is 0 Å². The van der Waals surface area contributed by atoms with Crippen molar-refractivity contribution in [1.82, 2.24) is 0 Å². The molecule has 2 N–H and O–H groups in total. The van der Waals surface area contributed by atoms with Gasteiger partial charge in [-0.05, 0) is 41.0 Å². The van der Waals surface area contributed by atoms with Crippen LogP contribution in [0.2, 0.25) is 0 Å². The fourth-order valence-electron chi connectivity index (χ4n) is 3.44. The highest BCUT2D eigenvalue weighted by atomic mass is 32.2. The summed E-state index contributed by atoms with van der Waals surface area (Å²) in [5, 5.41) is 0. The van der Waals surface area contributed by atoms with E-state index in [0.717, 1.165) is 0 Å². The van der Waals surface area contributed by atoms with Crippen LogP contribution >= 0.6 is 7.82 Å². The Kier molecular flexibility index (Phi) is 8.14. The zero-order valence-corrected chi connectivity index (χ0v) is 20.2. The minimum absolute atomic E-state index is 0.600. The van der Waals surface area contributed by atoms with Crippen molar-refractivity contribution >= 4 is 17.7 Å². The summed E-state index contributed by atoms with van der Waals surface area (Å²) in [4.78, 5) is 17.8. The van der Waals surface area contributed by atoms with Gasteiger partial charge in [0.2, 0.25) is 0 Å². The number of rotatable bonds is 11. The Bertz CT molecular complexity index is 1170. The van der Waals surface area contributed by atoms with E-state index in [2.05, 4.69) is 4.52 Å². The van der Waals surface area contributed by atoms with Gasteiger partial charge < -0.3 is 24.0 Å². The molecule has 3 rings (SSSR count). The van der Waals surface area contributed by atoms with Gasteiger partial charge in [-0.1, -0.05) is 54.6 Å². The van der Waals surface area contributed by atoms with Crippen molar-refractivity contribution in [2.75, 3.05) is 26.1 Å². The monoisotopic (exact) mass is 508 g/mol. The number of ether oxygens (including phenoxy) is 3. The first-order chi connectivity index (χ1) is 16.1. The van der Waals surface area contributed by atoms with Crippen LogP contribution in [-0.2, 0) is 29.3 Å². The van der Waals surface area contributed by atoms with Crippen LogP contribution in [0.3, 0.4) is 0 Å². The average Bonchev–Trinajstić information content (AvgIpc) is 2.84. The van der Waals surface area contributed by atoms with E-state index in [9.17, 15) is 13.0 Å². The summed E-state index contributed by atoms with van der Waals surface area (Å²) in [6, 6.07) is 23.0. The normalized spacial score (nSPS) is 12.4. The topological polar surface area (TPSA) is 129 Å². The molecule has 0 radical (unpaired) electrons. The van der Waals surface area contributed by atoms with Gasteiger partial charge in [0.15, 0.2) is 21.7 Å². The van der Waals surface area contributed by atoms with E-state index in [-0.39, 0.29) is 0 Å². The number of methoxy groups -OCH3 is 2. The Morgan fingerprint density at radius 2 is 1.18 bits per heavy atom. The van der Waals surface area contributed by atoms with Gasteiger partial charge >= 0.3 is 7.82 Å². The molecule has 0 heterocycles. The lowest BCUT2D eigenvalue weighted by Gasteiger charge is -2.36. The molecule has 0 saturated heterocycles. The molecule has 182 valence electrons. The third-order valence-electron chi connectivity index (χ3n) is 5.03. The third-order valence-corrected chi connectivity index (χ3v) is 6.62. The van der Waals surface area contributed by atoms with E-state index in [1.54, 1.807) is 72.8 Å². The number of phosphoric acid groups is 1. The maximum absolute atomic E-state index is 12.6. The fourth-order valence-corrected chi connectivity index (χ4v) is 5.05. The summed E-state index contributed by atoms with van der Waals surface area (Å²) in [5.74, 6) is -0.876. The van der Waals surface area contributed by atoms with Crippen LogP contribution in [0.1, 0.15) is 16.7 Å². The second-order valence-electron chi connectivity index (χ2n) is 7.25. The molecule has 0 fully saturated rings. The Hall–Kier alpha value is -2.72. The van der Waals surface area contributed by atoms with Gasteiger partial charge in [-0.3, -0.25) is 4.52 Å². The molecule has 3 aromatic rings. The second-order valence-corrected chi connectivity index (χ2v) is 10.4.